The summed E-state index contributed by atoms with van der Waals surface area (Å²) in [5.74, 6) is -0.0842. The van der Waals surface area contributed by atoms with Gasteiger partial charge in [0.2, 0.25) is 0 Å². The van der Waals surface area contributed by atoms with Gasteiger partial charge in [0, 0.05) is 18.8 Å². The van der Waals surface area contributed by atoms with Gasteiger partial charge in [0.25, 0.3) is 0 Å². The Kier molecular flexibility index (Phi) is 7.99. The number of esters is 2. The number of hydrogen-bond donors (Lipinski definition) is 0. The summed E-state index contributed by atoms with van der Waals surface area (Å²) in [6.07, 6.45) is 4.96. The molecule has 0 amide bonds. The minimum atomic E-state index is -0.447. The van der Waals surface area contributed by atoms with Crippen molar-refractivity contribution in [2.45, 2.75) is 71.8 Å². The molecule has 0 N–H and O–H groups in total. The summed E-state index contributed by atoms with van der Waals surface area (Å²) in [5.41, 5.74) is 0.116. The Balaban J connectivity index is 1.76. The summed E-state index contributed by atoms with van der Waals surface area (Å²) >= 11 is 11.9. The summed E-state index contributed by atoms with van der Waals surface area (Å²) in [6.45, 7) is 6.59. The van der Waals surface area contributed by atoms with E-state index in [0.717, 1.165) is 19.3 Å². The molecule has 1 aliphatic rings. The van der Waals surface area contributed by atoms with Crippen molar-refractivity contribution in [1.82, 2.24) is 0 Å². The third kappa shape index (κ3) is 6.69. The maximum Gasteiger partial charge on any atom is 0.311 e. The molecular weight excluding hydrogens is 387 g/mol. The molecule has 27 heavy (non-hydrogen) atoms. The van der Waals surface area contributed by atoms with Crippen molar-refractivity contribution < 1.29 is 19.1 Å². The Morgan fingerprint density at radius 3 is 2.44 bits per heavy atom. The first-order chi connectivity index (χ1) is 12.7. The predicted molar refractivity (Wildman–Crippen MR) is 107 cm³/mol. The van der Waals surface area contributed by atoms with E-state index in [9.17, 15) is 9.59 Å². The first-order valence-corrected chi connectivity index (χ1v) is 10.3. The molecule has 0 aromatic heterocycles. The quantitative estimate of drug-likeness (QED) is 0.409. The summed E-state index contributed by atoms with van der Waals surface area (Å²) < 4.78 is 10.9. The highest BCUT2D eigenvalue weighted by atomic mass is 35.5. The molecule has 1 aromatic rings. The van der Waals surface area contributed by atoms with E-state index in [2.05, 4.69) is 20.8 Å². The van der Waals surface area contributed by atoms with Gasteiger partial charge in [-0.25, -0.2) is 0 Å². The molecule has 2 atom stereocenters. The Labute approximate surface area is 171 Å². The summed E-state index contributed by atoms with van der Waals surface area (Å²) in [7, 11) is 0. The van der Waals surface area contributed by atoms with Crippen LogP contribution in [-0.2, 0) is 14.3 Å². The van der Waals surface area contributed by atoms with E-state index in [1.54, 1.807) is 18.2 Å². The lowest BCUT2D eigenvalue weighted by molar-refractivity contribution is -0.156. The van der Waals surface area contributed by atoms with E-state index in [4.69, 9.17) is 32.7 Å². The normalized spacial score (nSPS) is 20.2. The first-order valence-electron chi connectivity index (χ1n) is 9.52. The monoisotopic (exact) mass is 414 g/mol. The molecule has 1 fully saturated rings. The molecule has 4 nitrogen and oxygen atoms in total. The van der Waals surface area contributed by atoms with Crippen LogP contribution < -0.4 is 4.74 Å². The van der Waals surface area contributed by atoms with Gasteiger partial charge >= 0.3 is 11.9 Å². The van der Waals surface area contributed by atoms with Crippen LogP contribution >= 0.6 is 23.2 Å². The molecule has 6 heteroatoms. The fourth-order valence-electron chi connectivity index (χ4n) is 3.57. The largest absolute Gasteiger partial charge is 0.462 e. The third-order valence-electron chi connectivity index (χ3n) is 5.00. The molecule has 0 heterocycles. The van der Waals surface area contributed by atoms with Crippen LogP contribution in [0.25, 0.3) is 0 Å². The summed E-state index contributed by atoms with van der Waals surface area (Å²) in [4.78, 5) is 24.2. The van der Waals surface area contributed by atoms with Crippen molar-refractivity contribution in [3.63, 3.8) is 0 Å². The average molecular weight is 415 g/mol. The lowest BCUT2D eigenvalue weighted by Crippen LogP contribution is -2.38. The standard InChI is InChI=1S/C21H28Cl2O4/c1-21(2,3)14-8-4-5-10-16(14)26-18(24)12-7-13-19(25)27-17-11-6-9-15(22)20(17)23/h6,9,11,14,16H,4-5,7-8,10,12-13H2,1-3H3. The van der Waals surface area contributed by atoms with Crippen LogP contribution in [0.3, 0.4) is 0 Å². The van der Waals surface area contributed by atoms with Crippen molar-refractivity contribution in [3.8, 4) is 5.75 Å². The Hall–Kier alpha value is -1.26. The lowest BCUT2D eigenvalue weighted by Gasteiger charge is -2.39. The van der Waals surface area contributed by atoms with Gasteiger partial charge in [-0.2, -0.15) is 0 Å². The molecule has 0 radical (unpaired) electrons. The second kappa shape index (κ2) is 9.79. The number of carbonyl (C=O) groups excluding carboxylic acids is 2. The van der Waals surface area contributed by atoms with Gasteiger partial charge in [-0.15, -0.1) is 0 Å². The van der Waals surface area contributed by atoms with E-state index < -0.39 is 5.97 Å². The number of rotatable bonds is 6. The summed E-state index contributed by atoms with van der Waals surface area (Å²) in [5, 5.41) is 0.531. The van der Waals surface area contributed by atoms with Crippen LogP contribution in [0, 0.1) is 11.3 Å². The highest BCUT2D eigenvalue weighted by Gasteiger charge is 2.36. The fraction of sp³-hybridized carbons (Fsp3) is 0.619. The zero-order valence-electron chi connectivity index (χ0n) is 16.2. The van der Waals surface area contributed by atoms with E-state index in [-0.39, 0.29) is 41.1 Å². The number of benzene rings is 1. The number of ether oxygens (including phenoxy) is 2. The smallest absolute Gasteiger partial charge is 0.311 e. The third-order valence-corrected chi connectivity index (χ3v) is 5.80. The van der Waals surface area contributed by atoms with Crippen molar-refractivity contribution in [1.29, 1.82) is 0 Å². The molecule has 0 spiro atoms. The second-order valence-corrected chi connectivity index (χ2v) is 8.95. The molecular formula is C21H28Cl2O4. The average Bonchev–Trinajstić information content (AvgIpc) is 2.58. The maximum absolute atomic E-state index is 12.2. The topological polar surface area (TPSA) is 52.6 Å². The SMILES string of the molecule is CC(C)(C)C1CCCCC1OC(=O)CCCC(=O)Oc1cccc(Cl)c1Cl. The molecule has 1 aromatic carbocycles. The van der Waals surface area contributed by atoms with E-state index >= 15 is 0 Å². The first kappa shape index (κ1) is 22.0. The predicted octanol–water partition coefficient (Wildman–Crippen LogP) is 6.22. The van der Waals surface area contributed by atoms with Gasteiger partial charge in [-0.05, 0) is 43.2 Å². The molecule has 150 valence electrons. The van der Waals surface area contributed by atoms with Gasteiger partial charge in [0.15, 0.2) is 5.75 Å². The van der Waals surface area contributed by atoms with Crippen molar-refractivity contribution >= 4 is 35.1 Å². The zero-order valence-corrected chi connectivity index (χ0v) is 17.7. The second-order valence-electron chi connectivity index (χ2n) is 8.16. The van der Waals surface area contributed by atoms with Crippen LogP contribution in [0.15, 0.2) is 18.2 Å². The van der Waals surface area contributed by atoms with Gasteiger partial charge in [0.05, 0.1) is 5.02 Å². The molecule has 0 bridgehead atoms. The summed E-state index contributed by atoms with van der Waals surface area (Å²) in [6, 6.07) is 4.85. The minimum absolute atomic E-state index is 0.0246. The van der Waals surface area contributed by atoms with Gasteiger partial charge in [-0.1, -0.05) is 56.5 Å². The molecule has 2 rings (SSSR count). The molecule has 1 saturated carbocycles. The Morgan fingerprint density at radius 2 is 1.74 bits per heavy atom. The van der Waals surface area contributed by atoms with Gasteiger partial charge in [0.1, 0.15) is 11.1 Å². The number of halogens is 2. The lowest BCUT2D eigenvalue weighted by atomic mass is 9.70. The van der Waals surface area contributed by atoms with Gasteiger partial charge < -0.3 is 9.47 Å². The van der Waals surface area contributed by atoms with Gasteiger partial charge in [-0.3, -0.25) is 9.59 Å². The van der Waals surface area contributed by atoms with Crippen molar-refractivity contribution in [2.24, 2.45) is 11.3 Å². The highest BCUT2D eigenvalue weighted by Crippen LogP contribution is 2.39. The van der Waals surface area contributed by atoms with Crippen molar-refractivity contribution in [2.75, 3.05) is 0 Å². The Morgan fingerprint density at radius 1 is 1.07 bits per heavy atom. The fourth-order valence-corrected chi connectivity index (χ4v) is 3.90. The van der Waals surface area contributed by atoms with E-state index in [1.165, 1.54) is 6.42 Å². The molecule has 1 aliphatic carbocycles. The highest BCUT2D eigenvalue weighted by molar-refractivity contribution is 6.43. The van der Waals surface area contributed by atoms with Crippen LogP contribution in [0.1, 0.15) is 65.7 Å². The number of hydrogen-bond acceptors (Lipinski definition) is 4. The van der Waals surface area contributed by atoms with Crippen LogP contribution in [0.2, 0.25) is 10.0 Å². The maximum atomic E-state index is 12.2. The zero-order chi connectivity index (χ0) is 20.0. The molecule has 0 saturated heterocycles. The minimum Gasteiger partial charge on any atom is -0.462 e. The van der Waals surface area contributed by atoms with Crippen LogP contribution in [0.5, 0.6) is 5.75 Å². The van der Waals surface area contributed by atoms with E-state index in [0.29, 0.717) is 17.4 Å². The van der Waals surface area contributed by atoms with Crippen molar-refractivity contribution in [3.05, 3.63) is 28.2 Å². The molecule has 2 unspecified atom stereocenters. The molecule has 0 aliphatic heterocycles. The number of carbonyl (C=O) groups is 2. The van der Waals surface area contributed by atoms with Crippen LogP contribution in [-0.4, -0.2) is 18.0 Å². The Bertz CT molecular complexity index is 667. The van der Waals surface area contributed by atoms with E-state index in [1.807, 2.05) is 0 Å². The van der Waals surface area contributed by atoms with Crippen LogP contribution in [0.4, 0.5) is 0 Å².